The van der Waals surface area contributed by atoms with Crippen LogP contribution in [0.5, 0.6) is 5.75 Å². The largest absolute Gasteiger partial charge is 0.495 e. The predicted molar refractivity (Wildman–Crippen MR) is 118 cm³/mol. The predicted octanol–water partition coefficient (Wildman–Crippen LogP) is 3.76. The van der Waals surface area contributed by atoms with E-state index in [-0.39, 0.29) is 17.7 Å². The van der Waals surface area contributed by atoms with Crippen LogP contribution in [-0.4, -0.2) is 43.5 Å². The zero-order valence-electron chi connectivity index (χ0n) is 17.6. The molecule has 0 heterocycles. The van der Waals surface area contributed by atoms with E-state index in [1.54, 1.807) is 43.5 Å². The molecule has 2 N–H and O–H groups in total. The number of carbonyl (C=O) groups is 2. The lowest BCUT2D eigenvalue weighted by molar-refractivity contribution is -0.116. The minimum absolute atomic E-state index is 0.0671. The average molecular weight is 409 g/mol. The highest BCUT2D eigenvalue weighted by Gasteiger charge is 2.12. The van der Waals surface area contributed by atoms with Crippen LogP contribution in [0.3, 0.4) is 0 Å². The van der Waals surface area contributed by atoms with E-state index in [2.05, 4.69) is 21.6 Å². The van der Waals surface area contributed by atoms with Crippen molar-refractivity contribution in [1.82, 2.24) is 4.90 Å². The summed E-state index contributed by atoms with van der Waals surface area (Å²) < 4.78 is 5.24. The fraction of sp³-hybridized carbons (Fsp3) is 0.348. The second-order valence-corrected chi connectivity index (χ2v) is 6.95. The Morgan fingerprint density at radius 3 is 2.47 bits per heavy atom. The highest BCUT2D eigenvalue weighted by atomic mass is 16.5. The van der Waals surface area contributed by atoms with Crippen LogP contribution in [0.4, 0.5) is 11.4 Å². The molecule has 0 fully saturated rings. The van der Waals surface area contributed by atoms with Gasteiger partial charge < -0.3 is 20.3 Å². The van der Waals surface area contributed by atoms with E-state index in [9.17, 15) is 9.59 Å². The van der Waals surface area contributed by atoms with Crippen molar-refractivity contribution in [2.24, 2.45) is 5.92 Å². The van der Waals surface area contributed by atoms with E-state index in [4.69, 9.17) is 10.00 Å². The molecule has 158 valence electrons. The molecule has 1 unspecified atom stereocenters. The number of rotatable bonds is 10. The first-order valence-electron chi connectivity index (χ1n) is 9.93. The Kier molecular flexibility index (Phi) is 8.85. The molecule has 0 aliphatic rings. The molecule has 0 aliphatic heterocycles. The van der Waals surface area contributed by atoms with Crippen molar-refractivity contribution < 1.29 is 14.3 Å². The van der Waals surface area contributed by atoms with E-state index in [0.717, 1.165) is 6.54 Å². The second-order valence-electron chi connectivity index (χ2n) is 6.95. The standard InChI is InChI=1S/C23H28N4O3/c1-4-27(16-17(2)15-24)14-13-22(28)25-19-11-9-18(10-12-19)23(29)26-20-7-5-6-8-21(20)30-3/h5-12,17H,4,13-14,16H2,1-3H3,(H,25,28)(H,26,29). The second kappa shape index (κ2) is 11.6. The van der Waals surface area contributed by atoms with Gasteiger partial charge in [0.25, 0.3) is 5.91 Å². The Labute approximate surface area is 177 Å². The van der Waals surface area contributed by atoms with Crippen LogP contribution in [0, 0.1) is 17.2 Å². The summed E-state index contributed by atoms with van der Waals surface area (Å²) in [6.45, 7) is 5.91. The summed E-state index contributed by atoms with van der Waals surface area (Å²) in [7, 11) is 1.55. The van der Waals surface area contributed by atoms with Crippen molar-refractivity contribution in [2.45, 2.75) is 20.3 Å². The molecule has 2 aromatic rings. The molecular weight excluding hydrogens is 380 g/mol. The SMILES string of the molecule is CCN(CCC(=O)Nc1ccc(C(=O)Nc2ccccc2OC)cc1)CC(C)C#N. The van der Waals surface area contributed by atoms with Crippen molar-refractivity contribution in [1.29, 1.82) is 5.26 Å². The number of ether oxygens (including phenoxy) is 1. The lowest BCUT2D eigenvalue weighted by Gasteiger charge is -2.21. The molecule has 7 heteroatoms. The maximum absolute atomic E-state index is 12.5. The molecule has 2 amide bonds. The third kappa shape index (κ3) is 6.90. The normalized spacial score (nSPS) is 11.4. The Bertz CT molecular complexity index is 890. The number of methoxy groups -OCH3 is 1. The number of hydrogen-bond donors (Lipinski definition) is 2. The van der Waals surface area contributed by atoms with Gasteiger partial charge in [-0.3, -0.25) is 9.59 Å². The van der Waals surface area contributed by atoms with E-state index in [1.165, 1.54) is 0 Å². The van der Waals surface area contributed by atoms with Crippen molar-refractivity contribution in [3.05, 3.63) is 54.1 Å². The zero-order chi connectivity index (χ0) is 21.9. The molecule has 7 nitrogen and oxygen atoms in total. The van der Waals surface area contributed by atoms with Gasteiger partial charge in [-0.2, -0.15) is 5.26 Å². The Morgan fingerprint density at radius 2 is 1.83 bits per heavy atom. The quantitative estimate of drug-likeness (QED) is 0.624. The van der Waals surface area contributed by atoms with Gasteiger partial charge in [-0.1, -0.05) is 19.1 Å². The van der Waals surface area contributed by atoms with Gasteiger partial charge in [0, 0.05) is 30.8 Å². The molecule has 0 bridgehead atoms. The number of hydrogen-bond acceptors (Lipinski definition) is 5. The summed E-state index contributed by atoms with van der Waals surface area (Å²) in [6.07, 6.45) is 0.335. The van der Waals surface area contributed by atoms with E-state index >= 15 is 0 Å². The summed E-state index contributed by atoms with van der Waals surface area (Å²) in [5, 5.41) is 14.6. The molecule has 2 rings (SSSR count). The summed E-state index contributed by atoms with van der Waals surface area (Å²) in [6, 6.07) is 16.1. The first-order chi connectivity index (χ1) is 14.5. The highest BCUT2D eigenvalue weighted by Crippen LogP contribution is 2.23. The summed E-state index contributed by atoms with van der Waals surface area (Å²) >= 11 is 0. The Hall–Kier alpha value is -3.37. The maximum Gasteiger partial charge on any atom is 0.255 e. The lowest BCUT2D eigenvalue weighted by atomic mass is 10.1. The number of para-hydroxylation sites is 2. The van der Waals surface area contributed by atoms with E-state index < -0.39 is 0 Å². The zero-order valence-corrected chi connectivity index (χ0v) is 17.6. The molecule has 0 saturated heterocycles. The molecule has 0 aliphatic carbocycles. The first kappa shape index (κ1) is 22.9. The number of nitrogens with one attached hydrogen (secondary N) is 2. The number of nitrogens with zero attached hydrogens (tertiary/aromatic N) is 2. The van der Waals surface area contributed by atoms with Crippen molar-refractivity contribution in [3.63, 3.8) is 0 Å². The van der Waals surface area contributed by atoms with E-state index in [0.29, 0.717) is 42.2 Å². The van der Waals surface area contributed by atoms with Crippen LogP contribution in [-0.2, 0) is 4.79 Å². The molecular formula is C23H28N4O3. The summed E-state index contributed by atoms with van der Waals surface area (Å²) in [5.41, 5.74) is 1.69. The number of amides is 2. The van der Waals surface area contributed by atoms with E-state index in [1.807, 2.05) is 26.0 Å². The minimum atomic E-state index is -0.262. The monoisotopic (exact) mass is 408 g/mol. The van der Waals surface area contributed by atoms with Gasteiger partial charge in [0.2, 0.25) is 5.91 Å². The fourth-order valence-electron chi connectivity index (χ4n) is 2.94. The summed E-state index contributed by atoms with van der Waals surface area (Å²) in [5.74, 6) is 0.148. The van der Waals surface area contributed by atoms with Crippen LogP contribution in [0.25, 0.3) is 0 Å². The molecule has 0 saturated carbocycles. The van der Waals surface area contributed by atoms with Gasteiger partial charge in [0.15, 0.2) is 0 Å². The van der Waals surface area contributed by atoms with Gasteiger partial charge in [-0.15, -0.1) is 0 Å². The smallest absolute Gasteiger partial charge is 0.255 e. The topological polar surface area (TPSA) is 94.5 Å². The van der Waals surface area contributed by atoms with Crippen molar-refractivity contribution in [3.8, 4) is 11.8 Å². The lowest BCUT2D eigenvalue weighted by Crippen LogP contribution is -2.31. The van der Waals surface area contributed by atoms with Crippen LogP contribution < -0.4 is 15.4 Å². The first-order valence-corrected chi connectivity index (χ1v) is 9.93. The Morgan fingerprint density at radius 1 is 1.13 bits per heavy atom. The number of carbonyl (C=O) groups excluding carboxylic acids is 2. The molecule has 0 aromatic heterocycles. The molecule has 2 aromatic carbocycles. The van der Waals surface area contributed by atoms with Crippen LogP contribution >= 0.6 is 0 Å². The van der Waals surface area contributed by atoms with Gasteiger partial charge in [0.1, 0.15) is 5.75 Å². The van der Waals surface area contributed by atoms with Crippen molar-refractivity contribution in [2.75, 3.05) is 37.4 Å². The molecule has 0 spiro atoms. The van der Waals surface area contributed by atoms with Crippen LogP contribution in [0.2, 0.25) is 0 Å². The summed E-state index contributed by atoms with van der Waals surface area (Å²) in [4.78, 5) is 26.8. The van der Waals surface area contributed by atoms with Crippen LogP contribution in [0.15, 0.2) is 48.5 Å². The number of benzene rings is 2. The van der Waals surface area contributed by atoms with Crippen LogP contribution in [0.1, 0.15) is 30.6 Å². The molecule has 30 heavy (non-hydrogen) atoms. The van der Waals surface area contributed by atoms with Gasteiger partial charge >= 0.3 is 0 Å². The minimum Gasteiger partial charge on any atom is -0.495 e. The Balaban J connectivity index is 1.88. The molecule has 0 radical (unpaired) electrons. The van der Waals surface area contributed by atoms with Crippen molar-refractivity contribution >= 4 is 23.2 Å². The number of nitriles is 1. The highest BCUT2D eigenvalue weighted by molar-refractivity contribution is 6.05. The fourth-order valence-corrected chi connectivity index (χ4v) is 2.94. The maximum atomic E-state index is 12.5. The van der Waals surface area contributed by atoms with Gasteiger partial charge in [-0.25, -0.2) is 0 Å². The van der Waals surface area contributed by atoms with Gasteiger partial charge in [-0.05, 0) is 49.9 Å². The third-order valence-corrected chi connectivity index (χ3v) is 4.64. The number of anilines is 2. The third-order valence-electron chi connectivity index (χ3n) is 4.64. The molecule has 1 atom stereocenters. The van der Waals surface area contributed by atoms with Gasteiger partial charge in [0.05, 0.1) is 24.8 Å². The average Bonchev–Trinajstić information content (AvgIpc) is 2.77.